The Hall–Kier alpha value is -1.98. The number of rotatable bonds is 4. The molecule has 104 valence electrons. The molecule has 1 amide bonds. The molecular formula is C13H18FN3O2. The molecule has 0 saturated heterocycles. The van der Waals surface area contributed by atoms with Gasteiger partial charge in [0.1, 0.15) is 6.17 Å². The van der Waals surface area contributed by atoms with Gasteiger partial charge in [0.05, 0.1) is 11.3 Å². The van der Waals surface area contributed by atoms with E-state index in [0.29, 0.717) is 5.69 Å². The molecule has 1 heterocycles. The van der Waals surface area contributed by atoms with Gasteiger partial charge in [0.2, 0.25) is 0 Å². The quantitative estimate of drug-likeness (QED) is 0.842. The Balaban J connectivity index is 3.52. The lowest BCUT2D eigenvalue weighted by Crippen LogP contribution is -2.24. The Morgan fingerprint density at radius 2 is 2.16 bits per heavy atom. The fraction of sp³-hybridized carbons (Fsp3) is 0.462. The van der Waals surface area contributed by atoms with E-state index in [2.05, 4.69) is 4.99 Å². The third kappa shape index (κ3) is 3.07. The fourth-order valence-electron chi connectivity index (χ4n) is 1.75. The second kappa shape index (κ2) is 5.77. The van der Waals surface area contributed by atoms with E-state index in [0.717, 1.165) is 0 Å². The molecule has 0 saturated carbocycles. The van der Waals surface area contributed by atoms with Crippen molar-refractivity contribution in [2.24, 2.45) is 17.8 Å². The maximum atomic E-state index is 13.5. The van der Waals surface area contributed by atoms with Crippen molar-refractivity contribution in [1.82, 2.24) is 4.57 Å². The third-order valence-corrected chi connectivity index (χ3v) is 3.07. The molecule has 1 rings (SSSR count). The van der Waals surface area contributed by atoms with Crippen LogP contribution in [0.1, 0.15) is 36.3 Å². The van der Waals surface area contributed by atoms with E-state index in [-0.39, 0.29) is 28.9 Å². The molecule has 0 spiro atoms. The summed E-state index contributed by atoms with van der Waals surface area (Å²) in [6, 6.07) is 1.19. The molecule has 6 heteroatoms. The Kier molecular flexibility index (Phi) is 4.58. The zero-order valence-electron chi connectivity index (χ0n) is 11.5. The van der Waals surface area contributed by atoms with Crippen LogP contribution in [0.3, 0.4) is 0 Å². The Morgan fingerprint density at radius 1 is 1.58 bits per heavy atom. The number of aliphatic imine (C=N–C) groups is 1. The van der Waals surface area contributed by atoms with Crippen LogP contribution in [0.15, 0.2) is 15.9 Å². The van der Waals surface area contributed by atoms with Crippen LogP contribution in [-0.2, 0) is 7.05 Å². The lowest BCUT2D eigenvalue weighted by atomic mass is 10.1. The highest BCUT2D eigenvalue weighted by molar-refractivity contribution is 6.00. The van der Waals surface area contributed by atoms with Crippen molar-refractivity contribution in [3.05, 3.63) is 27.7 Å². The maximum Gasteiger partial charge on any atom is 0.252 e. The number of aromatic nitrogens is 1. The molecule has 1 unspecified atom stereocenters. The van der Waals surface area contributed by atoms with Gasteiger partial charge in [0.25, 0.3) is 11.5 Å². The minimum Gasteiger partial charge on any atom is -0.365 e. The number of hydrogen-bond donors (Lipinski definition) is 1. The molecular weight excluding hydrogens is 249 g/mol. The number of carbonyl (C=O) groups excluding carboxylic acids is 1. The van der Waals surface area contributed by atoms with E-state index < -0.39 is 12.1 Å². The van der Waals surface area contributed by atoms with E-state index in [9.17, 15) is 14.0 Å². The van der Waals surface area contributed by atoms with Crippen molar-refractivity contribution in [3.63, 3.8) is 0 Å². The van der Waals surface area contributed by atoms with Gasteiger partial charge in [-0.05, 0) is 20.3 Å². The molecule has 1 atom stereocenters. The summed E-state index contributed by atoms with van der Waals surface area (Å²) in [7, 11) is 1.54. The molecule has 0 aliphatic heterocycles. The number of hydrogen-bond acceptors (Lipinski definition) is 3. The fourth-order valence-corrected chi connectivity index (χ4v) is 1.75. The number of nitrogens with zero attached hydrogens (tertiary/aromatic N) is 2. The molecule has 5 nitrogen and oxygen atoms in total. The minimum absolute atomic E-state index is 0.127. The van der Waals surface area contributed by atoms with Gasteiger partial charge < -0.3 is 10.3 Å². The molecule has 0 aliphatic carbocycles. The average Bonchev–Trinajstić information content (AvgIpc) is 2.34. The first-order chi connectivity index (χ1) is 8.79. The van der Waals surface area contributed by atoms with Gasteiger partial charge >= 0.3 is 0 Å². The summed E-state index contributed by atoms with van der Waals surface area (Å²) in [5, 5.41) is 0. The first kappa shape index (κ1) is 15.1. The van der Waals surface area contributed by atoms with E-state index in [1.165, 1.54) is 24.6 Å². The van der Waals surface area contributed by atoms with Gasteiger partial charge in [-0.15, -0.1) is 0 Å². The van der Waals surface area contributed by atoms with Gasteiger partial charge in [0.15, 0.2) is 0 Å². The van der Waals surface area contributed by atoms with Crippen LogP contribution in [0.2, 0.25) is 0 Å². The number of amides is 1. The van der Waals surface area contributed by atoms with Crippen molar-refractivity contribution < 1.29 is 9.18 Å². The predicted octanol–water partition coefficient (Wildman–Crippen LogP) is 1.63. The highest BCUT2D eigenvalue weighted by Gasteiger charge is 2.16. The molecule has 1 aromatic heterocycles. The van der Waals surface area contributed by atoms with Crippen LogP contribution in [0.25, 0.3) is 0 Å². The summed E-state index contributed by atoms with van der Waals surface area (Å²) < 4.78 is 14.8. The molecule has 1 aromatic rings. The van der Waals surface area contributed by atoms with Crippen LogP contribution >= 0.6 is 0 Å². The number of halogens is 1. The standard InChI is InChI=1S/C13H18FN3O2/c1-5-9(14)7(2)16-10-6-11(18)17(4)8(3)12(10)13(15)19/h6,9H,5H2,1-4H3,(H2,15,19). The molecule has 0 fully saturated rings. The summed E-state index contributed by atoms with van der Waals surface area (Å²) >= 11 is 0. The topological polar surface area (TPSA) is 77.4 Å². The number of carbonyl (C=O) groups is 1. The first-order valence-corrected chi connectivity index (χ1v) is 5.99. The normalized spacial score (nSPS) is 13.4. The number of pyridine rings is 1. The summed E-state index contributed by atoms with van der Waals surface area (Å²) in [5.74, 6) is -0.688. The maximum absolute atomic E-state index is 13.5. The molecule has 0 aromatic carbocycles. The van der Waals surface area contributed by atoms with Gasteiger partial charge in [-0.3, -0.25) is 14.6 Å². The second-order valence-corrected chi connectivity index (χ2v) is 4.38. The Bertz CT molecular complexity index is 590. The zero-order chi connectivity index (χ0) is 14.7. The molecule has 0 bridgehead atoms. The van der Waals surface area contributed by atoms with Gasteiger partial charge in [-0.1, -0.05) is 6.92 Å². The molecule has 19 heavy (non-hydrogen) atoms. The number of nitrogens with two attached hydrogens (primary N) is 1. The highest BCUT2D eigenvalue weighted by atomic mass is 19.1. The van der Waals surface area contributed by atoms with Crippen molar-refractivity contribution in [1.29, 1.82) is 0 Å². The lowest BCUT2D eigenvalue weighted by molar-refractivity contribution is 0.0999. The van der Waals surface area contributed by atoms with Crippen molar-refractivity contribution in [3.8, 4) is 0 Å². The van der Waals surface area contributed by atoms with Gasteiger partial charge in [-0.2, -0.15) is 0 Å². The average molecular weight is 267 g/mol. The van der Waals surface area contributed by atoms with Crippen molar-refractivity contribution in [2.75, 3.05) is 0 Å². The molecule has 2 N–H and O–H groups in total. The first-order valence-electron chi connectivity index (χ1n) is 5.99. The summed E-state index contributed by atoms with van der Waals surface area (Å²) in [4.78, 5) is 27.2. The van der Waals surface area contributed by atoms with E-state index >= 15 is 0 Å². The molecule has 0 radical (unpaired) electrons. The zero-order valence-corrected chi connectivity index (χ0v) is 11.5. The number of primary amides is 1. The molecule has 0 aliphatic rings. The van der Waals surface area contributed by atoms with Gasteiger partial charge in [-0.25, -0.2) is 4.39 Å². The van der Waals surface area contributed by atoms with Crippen LogP contribution in [-0.4, -0.2) is 22.4 Å². The van der Waals surface area contributed by atoms with Gasteiger partial charge in [0, 0.05) is 24.5 Å². The number of alkyl halides is 1. The van der Waals surface area contributed by atoms with Crippen LogP contribution in [0, 0.1) is 6.92 Å². The van der Waals surface area contributed by atoms with Crippen LogP contribution in [0.4, 0.5) is 10.1 Å². The van der Waals surface area contributed by atoms with E-state index in [1.807, 2.05) is 0 Å². The predicted molar refractivity (Wildman–Crippen MR) is 72.9 cm³/mol. The third-order valence-electron chi connectivity index (χ3n) is 3.07. The lowest BCUT2D eigenvalue weighted by Gasteiger charge is -2.11. The highest BCUT2D eigenvalue weighted by Crippen LogP contribution is 2.21. The summed E-state index contributed by atoms with van der Waals surface area (Å²) in [5.41, 5.74) is 5.89. The van der Waals surface area contributed by atoms with E-state index in [4.69, 9.17) is 5.73 Å². The van der Waals surface area contributed by atoms with Crippen molar-refractivity contribution in [2.45, 2.75) is 33.4 Å². The Labute approximate surface area is 111 Å². The SMILES string of the molecule is CCC(F)C(C)=Nc1cc(=O)n(C)c(C)c1C(N)=O. The Morgan fingerprint density at radius 3 is 2.63 bits per heavy atom. The van der Waals surface area contributed by atoms with Crippen LogP contribution < -0.4 is 11.3 Å². The second-order valence-electron chi connectivity index (χ2n) is 4.38. The monoisotopic (exact) mass is 267 g/mol. The van der Waals surface area contributed by atoms with Crippen LogP contribution in [0.5, 0.6) is 0 Å². The summed E-state index contributed by atoms with van der Waals surface area (Å²) in [6.07, 6.45) is -0.921. The smallest absolute Gasteiger partial charge is 0.252 e. The summed E-state index contributed by atoms with van der Waals surface area (Å²) in [6.45, 7) is 4.81. The minimum atomic E-state index is -1.20. The largest absolute Gasteiger partial charge is 0.365 e. The van der Waals surface area contributed by atoms with E-state index in [1.54, 1.807) is 13.8 Å². The van der Waals surface area contributed by atoms with Crippen molar-refractivity contribution >= 4 is 17.3 Å².